The predicted molar refractivity (Wildman–Crippen MR) is 126 cm³/mol. The molecule has 0 saturated carbocycles. The number of ether oxygens (including phenoxy) is 2. The molecule has 3 heterocycles. The molecule has 0 aromatic carbocycles. The molecule has 0 aliphatic rings. The lowest BCUT2D eigenvalue weighted by atomic mass is 10.1. The number of fused-ring (bicyclic) bond motifs is 1. The van der Waals surface area contributed by atoms with Crippen LogP contribution < -0.4 is 10.1 Å². The van der Waals surface area contributed by atoms with Crippen LogP contribution in [-0.4, -0.2) is 53.9 Å². The number of sulfone groups is 1. The third-order valence-electron chi connectivity index (χ3n) is 5.57. The van der Waals surface area contributed by atoms with Crippen LogP contribution in [0.25, 0.3) is 16.9 Å². The van der Waals surface area contributed by atoms with Gasteiger partial charge in [-0.25, -0.2) is 18.4 Å². The van der Waals surface area contributed by atoms with E-state index in [-0.39, 0.29) is 16.2 Å². The first-order valence-electron chi connectivity index (χ1n) is 10.6. The summed E-state index contributed by atoms with van der Waals surface area (Å²) in [4.78, 5) is 8.32. The Bertz CT molecular complexity index is 1260. The summed E-state index contributed by atoms with van der Waals surface area (Å²) in [7, 11) is -0.656. The number of halogens is 1. The zero-order valence-electron chi connectivity index (χ0n) is 20.1. The van der Waals surface area contributed by atoms with Crippen molar-refractivity contribution >= 4 is 21.3 Å². The topological polar surface area (TPSA) is 94.8 Å². The standard InChI is InChI=1S/C23H31FN4O4S/c1-22(2,3)33(29,30)18-14-28-16(13-26-21(28)12-17(18)31-6)15-10-19(24)27-20(11-15)25-9-8-23(4,5)32-7/h10-14H,8-9H2,1-7H3,(H,25,27). The Labute approximate surface area is 194 Å². The predicted octanol–water partition coefficient (Wildman–Crippen LogP) is 4.34. The van der Waals surface area contributed by atoms with E-state index in [2.05, 4.69) is 15.3 Å². The highest BCUT2D eigenvalue weighted by Gasteiger charge is 2.34. The molecule has 180 valence electrons. The highest BCUT2D eigenvalue weighted by atomic mass is 32.2. The highest BCUT2D eigenvalue weighted by molar-refractivity contribution is 7.92. The van der Waals surface area contributed by atoms with Crippen LogP contribution in [0.5, 0.6) is 5.75 Å². The molecule has 0 unspecified atom stereocenters. The van der Waals surface area contributed by atoms with Crippen molar-refractivity contribution in [2.24, 2.45) is 0 Å². The lowest BCUT2D eigenvalue weighted by Gasteiger charge is -2.23. The molecule has 33 heavy (non-hydrogen) atoms. The third-order valence-corrected chi connectivity index (χ3v) is 8.06. The van der Waals surface area contributed by atoms with Crippen LogP contribution in [-0.2, 0) is 14.6 Å². The van der Waals surface area contributed by atoms with Gasteiger partial charge in [-0.2, -0.15) is 4.39 Å². The summed E-state index contributed by atoms with van der Waals surface area (Å²) in [6, 6.07) is 4.55. The second-order valence-corrected chi connectivity index (χ2v) is 12.1. The van der Waals surface area contributed by atoms with E-state index >= 15 is 0 Å². The monoisotopic (exact) mass is 478 g/mol. The molecule has 0 aliphatic heterocycles. The van der Waals surface area contributed by atoms with Gasteiger partial charge in [0, 0.05) is 37.5 Å². The molecule has 3 aromatic rings. The molecule has 10 heteroatoms. The van der Waals surface area contributed by atoms with Crippen LogP contribution in [0.3, 0.4) is 0 Å². The molecular weight excluding hydrogens is 447 g/mol. The average molecular weight is 479 g/mol. The van der Waals surface area contributed by atoms with Gasteiger partial charge in [-0.15, -0.1) is 0 Å². The molecule has 0 spiro atoms. The number of anilines is 1. The molecule has 0 radical (unpaired) electrons. The zero-order valence-corrected chi connectivity index (χ0v) is 20.9. The Morgan fingerprint density at radius 2 is 1.82 bits per heavy atom. The lowest BCUT2D eigenvalue weighted by molar-refractivity contribution is 0.0184. The Kier molecular flexibility index (Phi) is 6.72. The number of rotatable bonds is 8. The Hall–Kier alpha value is -2.72. The van der Waals surface area contributed by atoms with Gasteiger partial charge in [0.2, 0.25) is 5.95 Å². The second-order valence-electron chi connectivity index (χ2n) is 9.40. The minimum absolute atomic E-state index is 0.0407. The molecule has 0 saturated heterocycles. The van der Waals surface area contributed by atoms with Crippen molar-refractivity contribution in [1.82, 2.24) is 14.4 Å². The molecule has 3 aromatic heterocycles. The number of nitrogens with one attached hydrogen (secondary N) is 1. The van der Waals surface area contributed by atoms with Gasteiger partial charge in [0.1, 0.15) is 22.1 Å². The van der Waals surface area contributed by atoms with Crippen LogP contribution in [0, 0.1) is 5.95 Å². The molecule has 1 N–H and O–H groups in total. The number of hydrogen-bond acceptors (Lipinski definition) is 7. The summed E-state index contributed by atoms with van der Waals surface area (Å²) >= 11 is 0. The van der Waals surface area contributed by atoms with Crippen LogP contribution in [0.1, 0.15) is 41.0 Å². The van der Waals surface area contributed by atoms with E-state index in [1.54, 1.807) is 50.6 Å². The van der Waals surface area contributed by atoms with E-state index in [9.17, 15) is 12.8 Å². The second kappa shape index (κ2) is 8.90. The molecule has 0 atom stereocenters. The first-order valence-corrected chi connectivity index (χ1v) is 12.0. The molecule has 3 rings (SSSR count). The van der Waals surface area contributed by atoms with Crippen LogP contribution in [0.4, 0.5) is 10.2 Å². The van der Waals surface area contributed by atoms with Gasteiger partial charge < -0.3 is 14.8 Å². The molecule has 0 aliphatic carbocycles. The van der Waals surface area contributed by atoms with Crippen molar-refractivity contribution in [2.45, 2.75) is 56.3 Å². The first kappa shape index (κ1) is 24.9. The smallest absolute Gasteiger partial charge is 0.215 e. The number of hydrogen-bond donors (Lipinski definition) is 1. The Morgan fingerprint density at radius 3 is 2.42 bits per heavy atom. The van der Waals surface area contributed by atoms with Crippen molar-refractivity contribution in [3.8, 4) is 17.0 Å². The third kappa shape index (κ3) is 5.11. The van der Waals surface area contributed by atoms with E-state index < -0.39 is 20.5 Å². The van der Waals surface area contributed by atoms with Crippen LogP contribution in [0.2, 0.25) is 0 Å². The van der Waals surface area contributed by atoms with Crippen LogP contribution in [0.15, 0.2) is 35.5 Å². The SMILES string of the molecule is COc1cc2ncc(-c3cc(F)nc(NCCC(C)(C)OC)c3)n2cc1S(=O)(=O)C(C)(C)C. The van der Waals surface area contributed by atoms with Gasteiger partial charge in [-0.05, 0) is 47.1 Å². The van der Waals surface area contributed by atoms with E-state index in [0.29, 0.717) is 35.7 Å². The maximum atomic E-state index is 14.4. The Morgan fingerprint density at radius 1 is 1.12 bits per heavy atom. The molecular formula is C23H31FN4O4S. The summed E-state index contributed by atoms with van der Waals surface area (Å²) in [5.74, 6) is -0.0894. The quantitative estimate of drug-likeness (QED) is 0.481. The summed E-state index contributed by atoms with van der Waals surface area (Å²) < 4.78 is 52.1. The zero-order chi connectivity index (χ0) is 24.6. The first-order chi connectivity index (χ1) is 15.3. The highest BCUT2D eigenvalue weighted by Crippen LogP contribution is 2.34. The largest absolute Gasteiger partial charge is 0.495 e. The van der Waals surface area contributed by atoms with Gasteiger partial charge in [0.25, 0.3) is 0 Å². The van der Waals surface area contributed by atoms with E-state index in [0.717, 1.165) is 0 Å². The summed E-state index contributed by atoms with van der Waals surface area (Å²) in [5.41, 5.74) is 1.19. The number of nitrogens with zero attached hydrogens (tertiary/aromatic N) is 3. The normalized spacial score (nSPS) is 12.8. The van der Waals surface area contributed by atoms with Gasteiger partial charge >= 0.3 is 0 Å². The van der Waals surface area contributed by atoms with Crippen molar-refractivity contribution < 1.29 is 22.3 Å². The number of imidazole rings is 1. The molecule has 0 amide bonds. The van der Waals surface area contributed by atoms with Gasteiger partial charge in [0.15, 0.2) is 9.84 Å². The fourth-order valence-corrected chi connectivity index (χ4v) is 4.53. The lowest BCUT2D eigenvalue weighted by Crippen LogP contribution is -2.28. The molecule has 0 bridgehead atoms. The van der Waals surface area contributed by atoms with E-state index in [4.69, 9.17) is 9.47 Å². The minimum atomic E-state index is -3.72. The van der Waals surface area contributed by atoms with Gasteiger partial charge in [-0.3, -0.25) is 4.40 Å². The van der Waals surface area contributed by atoms with Gasteiger partial charge in [-0.1, -0.05) is 0 Å². The minimum Gasteiger partial charge on any atom is -0.495 e. The summed E-state index contributed by atoms with van der Waals surface area (Å²) in [6.45, 7) is 9.35. The van der Waals surface area contributed by atoms with Crippen molar-refractivity contribution in [3.05, 3.63) is 36.5 Å². The number of methoxy groups -OCH3 is 2. The van der Waals surface area contributed by atoms with Crippen LogP contribution >= 0.6 is 0 Å². The molecule has 0 fully saturated rings. The number of pyridine rings is 2. The maximum Gasteiger partial charge on any atom is 0.215 e. The number of aromatic nitrogens is 3. The average Bonchev–Trinajstić information content (AvgIpc) is 3.14. The fraction of sp³-hybridized carbons (Fsp3) is 0.478. The summed E-state index contributed by atoms with van der Waals surface area (Å²) in [6.07, 6.45) is 3.74. The maximum absolute atomic E-state index is 14.4. The van der Waals surface area contributed by atoms with E-state index in [1.165, 1.54) is 19.4 Å². The molecule has 8 nitrogen and oxygen atoms in total. The Balaban J connectivity index is 2.06. The summed E-state index contributed by atoms with van der Waals surface area (Å²) in [5, 5.41) is 3.12. The van der Waals surface area contributed by atoms with Gasteiger partial charge in [0.05, 0.1) is 29.3 Å². The van der Waals surface area contributed by atoms with Crippen molar-refractivity contribution in [2.75, 3.05) is 26.1 Å². The van der Waals surface area contributed by atoms with Crippen molar-refractivity contribution in [3.63, 3.8) is 0 Å². The van der Waals surface area contributed by atoms with Crippen molar-refractivity contribution in [1.29, 1.82) is 0 Å². The fourth-order valence-electron chi connectivity index (χ4n) is 3.22. The van der Waals surface area contributed by atoms with E-state index in [1.807, 2.05) is 13.8 Å².